The van der Waals surface area contributed by atoms with Crippen molar-refractivity contribution in [1.29, 1.82) is 0 Å². The van der Waals surface area contributed by atoms with Crippen LogP contribution in [-0.4, -0.2) is 37.4 Å². The highest BCUT2D eigenvalue weighted by molar-refractivity contribution is 6.31. The molecule has 1 heterocycles. The molecule has 1 amide bonds. The number of rotatable bonds is 7. The predicted molar refractivity (Wildman–Crippen MR) is 80.8 cm³/mol. The number of ether oxygens (including phenoxy) is 1. The van der Waals surface area contributed by atoms with Crippen LogP contribution in [0.4, 0.5) is 0 Å². The monoisotopic (exact) mass is 311 g/mol. The van der Waals surface area contributed by atoms with E-state index in [4.69, 9.17) is 25.9 Å². The number of nitrogens with one attached hydrogen (secondary N) is 1. The van der Waals surface area contributed by atoms with Crippen LogP contribution >= 0.6 is 11.6 Å². The second kappa shape index (κ2) is 7.45. The lowest BCUT2D eigenvalue weighted by atomic mass is 10.1. The molecule has 0 bridgehead atoms. The third-order valence-corrected chi connectivity index (χ3v) is 3.33. The van der Waals surface area contributed by atoms with E-state index >= 15 is 0 Å². The Morgan fingerprint density at radius 3 is 3.00 bits per heavy atom. The lowest BCUT2D eigenvalue weighted by Gasteiger charge is -2.04. The molecule has 0 radical (unpaired) electrons. The molecule has 6 heteroatoms. The van der Waals surface area contributed by atoms with Gasteiger partial charge in [0.05, 0.1) is 13.2 Å². The lowest BCUT2D eigenvalue weighted by Crippen LogP contribution is -2.25. The maximum atomic E-state index is 12.1. The van der Waals surface area contributed by atoms with E-state index < -0.39 is 0 Å². The molecule has 5 nitrogen and oxygen atoms in total. The van der Waals surface area contributed by atoms with Gasteiger partial charge in [0.1, 0.15) is 5.58 Å². The van der Waals surface area contributed by atoms with E-state index in [9.17, 15) is 4.79 Å². The number of benzene rings is 1. The van der Waals surface area contributed by atoms with Crippen LogP contribution in [0.5, 0.6) is 0 Å². The zero-order valence-electron chi connectivity index (χ0n) is 11.8. The summed E-state index contributed by atoms with van der Waals surface area (Å²) < 4.78 is 10.7. The second-order valence-corrected chi connectivity index (χ2v) is 5.08. The molecule has 0 saturated carbocycles. The Balaban J connectivity index is 1.95. The maximum absolute atomic E-state index is 12.1. The summed E-state index contributed by atoms with van der Waals surface area (Å²) in [6.45, 7) is 3.14. The van der Waals surface area contributed by atoms with Crippen molar-refractivity contribution < 1.29 is 19.1 Å². The highest BCUT2D eigenvalue weighted by Crippen LogP contribution is 2.27. The second-order valence-electron chi connectivity index (χ2n) is 4.64. The number of furan rings is 1. The number of aliphatic hydroxyl groups excluding tert-OH is 1. The Hall–Kier alpha value is -1.56. The highest BCUT2D eigenvalue weighted by Gasteiger charge is 2.17. The molecule has 0 atom stereocenters. The minimum atomic E-state index is -0.248. The number of hydrogen-bond acceptors (Lipinski definition) is 4. The van der Waals surface area contributed by atoms with Crippen molar-refractivity contribution in [2.45, 2.75) is 13.3 Å². The van der Waals surface area contributed by atoms with Gasteiger partial charge >= 0.3 is 0 Å². The fourth-order valence-electron chi connectivity index (χ4n) is 2.03. The van der Waals surface area contributed by atoms with Gasteiger partial charge in [-0.1, -0.05) is 11.6 Å². The quantitative estimate of drug-likeness (QED) is 0.771. The summed E-state index contributed by atoms with van der Waals surface area (Å²) in [7, 11) is 0. The summed E-state index contributed by atoms with van der Waals surface area (Å²) in [6, 6.07) is 5.27. The normalized spacial score (nSPS) is 11.0. The number of carbonyl (C=O) groups is 1. The lowest BCUT2D eigenvalue weighted by molar-refractivity contribution is 0.0856. The Labute approximate surface area is 127 Å². The zero-order valence-corrected chi connectivity index (χ0v) is 12.6. The molecule has 21 heavy (non-hydrogen) atoms. The van der Waals surface area contributed by atoms with E-state index in [0.717, 1.165) is 10.9 Å². The topological polar surface area (TPSA) is 71.7 Å². The Kier molecular flexibility index (Phi) is 5.61. The molecule has 0 saturated heterocycles. The van der Waals surface area contributed by atoms with Gasteiger partial charge in [-0.3, -0.25) is 4.79 Å². The van der Waals surface area contributed by atoms with Gasteiger partial charge in [0, 0.05) is 29.1 Å². The van der Waals surface area contributed by atoms with Gasteiger partial charge in [0.2, 0.25) is 0 Å². The van der Waals surface area contributed by atoms with Crippen molar-refractivity contribution in [3.63, 3.8) is 0 Å². The molecule has 0 spiro atoms. The van der Waals surface area contributed by atoms with Crippen LogP contribution in [0.15, 0.2) is 22.6 Å². The van der Waals surface area contributed by atoms with E-state index in [1.807, 2.05) is 6.92 Å². The van der Waals surface area contributed by atoms with E-state index in [0.29, 0.717) is 42.5 Å². The fraction of sp³-hybridized carbons (Fsp3) is 0.400. The molecule has 0 aliphatic heterocycles. The summed E-state index contributed by atoms with van der Waals surface area (Å²) in [6.07, 6.45) is 0.677. The average molecular weight is 312 g/mol. The first-order chi connectivity index (χ1) is 10.1. The first-order valence-electron chi connectivity index (χ1n) is 6.79. The summed E-state index contributed by atoms with van der Waals surface area (Å²) in [4.78, 5) is 12.1. The van der Waals surface area contributed by atoms with Crippen molar-refractivity contribution >= 4 is 28.5 Å². The van der Waals surface area contributed by atoms with E-state index in [1.165, 1.54) is 0 Å². The molecule has 0 aliphatic rings. The number of aryl methyl sites for hydroxylation is 1. The van der Waals surface area contributed by atoms with Gasteiger partial charge in [-0.05, 0) is 31.5 Å². The van der Waals surface area contributed by atoms with Crippen LogP contribution in [0, 0.1) is 6.92 Å². The minimum Gasteiger partial charge on any atom is -0.451 e. The van der Waals surface area contributed by atoms with Gasteiger partial charge < -0.3 is 19.6 Å². The Morgan fingerprint density at radius 2 is 2.24 bits per heavy atom. The van der Waals surface area contributed by atoms with Crippen molar-refractivity contribution in [3.8, 4) is 0 Å². The van der Waals surface area contributed by atoms with Crippen LogP contribution in [0.2, 0.25) is 5.02 Å². The number of aliphatic hydroxyl groups is 1. The smallest absolute Gasteiger partial charge is 0.287 e. The zero-order chi connectivity index (χ0) is 15.2. The van der Waals surface area contributed by atoms with Crippen LogP contribution in [0.25, 0.3) is 11.0 Å². The van der Waals surface area contributed by atoms with Crippen LogP contribution in [0.3, 0.4) is 0 Å². The van der Waals surface area contributed by atoms with Crippen molar-refractivity contribution in [1.82, 2.24) is 5.32 Å². The third kappa shape index (κ3) is 3.97. The summed E-state index contributed by atoms with van der Waals surface area (Å²) >= 11 is 5.95. The summed E-state index contributed by atoms with van der Waals surface area (Å²) in [5.41, 5.74) is 1.43. The van der Waals surface area contributed by atoms with E-state index in [1.54, 1.807) is 18.2 Å². The number of halogens is 1. The molecule has 2 aromatic rings. The van der Waals surface area contributed by atoms with Gasteiger partial charge in [0.25, 0.3) is 5.91 Å². The Morgan fingerprint density at radius 1 is 1.43 bits per heavy atom. The van der Waals surface area contributed by atoms with Crippen LogP contribution < -0.4 is 5.32 Å². The van der Waals surface area contributed by atoms with Gasteiger partial charge in [-0.15, -0.1) is 0 Å². The first kappa shape index (κ1) is 15.8. The van der Waals surface area contributed by atoms with Crippen LogP contribution in [0.1, 0.15) is 22.5 Å². The van der Waals surface area contributed by atoms with Gasteiger partial charge in [-0.2, -0.15) is 0 Å². The van der Waals surface area contributed by atoms with Gasteiger partial charge in [0.15, 0.2) is 5.76 Å². The molecule has 0 aliphatic carbocycles. The highest BCUT2D eigenvalue weighted by atomic mass is 35.5. The minimum absolute atomic E-state index is 0.00704. The standard InChI is InChI=1S/C15H18ClNO4/c1-10-12-9-11(16)3-4-13(12)21-14(10)15(19)17-5-2-7-20-8-6-18/h3-4,9,18H,2,5-8H2,1H3,(H,17,19). The molecule has 2 N–H and O–H groups in total. The largest absolute Gasteiger partial charge is 0.451 e. The molecular weight excluding hydrogens is 294 g/mol. The number of carbonyl (C=O) groups excluding carboxylic acids is 1. The number of fused-ring (bicyclic) bond motifs is 1. The maximum Gasteiger partial charge on any atom is 0.287 e. The third-order valence-electron chi connectivity index (χ3n) is 3.09. The number of amides is 1. The van der Waals surface area contributed by atoms with E-state index in [-0.39, 0.29) is 12.5 Å². The number of hydrogen-bond donors (Lipinski definition) is 2. The van der Waals surface area contributed by atoms with Crippen molar-refractivity contribution in [2.24, 2.45) is 0 Å². The van der Waals surface area contributed by atoms with Crippen molar-refractivity contribution in [2.75, 3.05) is 26.4 Å². The van der Waals surface area contributed by atoms with E-state index in [2.05, 4.69) is 5.32 Å². The first-order valence-corrected chi connectivity index (χ1v) is 7.16. The molecule has 1 aromatic heterocycles. The van der Waals surface area contributed by atoms with Crippen molar-refractivity contribution in [3.05, 3.63) is 34.5 Å². The Bertz CT molecular complexity index is 623. The SMILES string of the molecule is Cc1c(C(=O)NCCCOCCO)oc2ccc(Cl)cc12. The average Bonchev–Trinajstić information content (AvgIpc) is 2.79. The van der Waals surface area contributed by atoms with Gasteiger partial charge in [-0.25, -0.2) is 0 Å². The summed E-state index contributed by atoms with van der Waals surface area (Å²) in [5, 5.41) is 12.8. The molecular formula is C15H18ClNO4. The fourth-order valence-corrected chi connectivity index (χ4v) is 2.20. The summed E-state index contributed by atoms with van der Waals surface area (Å²) in [5.74, 6) is 0.0607. The molecule has 0 fully saturated rings. The molecule has 2 rings (SSSR count). The predicted octanol–water partition coefficient (Wildman–Crippen LogP) is 2.52. The molecule has 0 unspecified atom stereocenters. The molecule has 1 aromatic carbocycles. The van der Waals surface area contributed by atoms with Crippen LogP contribution in [-0.2, 0) is 4.74 Å². The molecule has 114 valence electrons.